The largest absolute Gasteiger partial charge is 0.375 e. The number of rotatable bonds is 11. The third kappa shape index (κ3) is 7.73. The second kappa shape index (κ2) is 12.5. The predicted molar refractivity (Wildman–Crippen MR) is 146 cm³/mol. The average molecular weight is 558 g/mol. The first-order chi connectivity index (χ1) is 18.6. The number of carbonyl (C=O) groups excluding carboxylic acids is 1. The van der Waals surface area contributed by atoms with Gasteiger partial charge in [0.15, 0.2) is 0 Å². The van der Waals surface area contributed by atoms with E-state index in [4.69, 9.17) is 0 Å². The molecule has 2 heterocycles. The molecule has 39 heavy (non-hydrogen) atoms. The number of aromatic amines is 1. The lowest BCUT2D eigenvalue weighted by Crippen LogP contribution is -2.48. The van der Waals surface area contributed by atoms with Gasteiger partial charge in [0.2, 0.25) is 15.9 Å². The van der Waals surface area contributed by atoms with Crippen LogP contribution in [0.25, 0.3) is 11.3 Å². The van der Waals surface area contributed by atoms with Crippen LogP contribution in [0.15, 0.2) is 67.0 Å². The van der Waals surface area contributed by atoms with E-state index < -0.39 is 39.6 Å². The summed E-state index contributed by atoms with van der Waals surface area (Å²) < 4.78 is 56.1. The second-order valence-corrected chi connectivity index (χ2v) is 11.5. The number of benzene rings is 2. The molecule has 0 radical (unpaired) electrons. The van der Waals surface area contributed by atoms with E-state index in [9.17, 15) is 22.0 Å². The van der Waals surface area contributed by atoms with Crippen molar-refractivity contribution in [3.8, 4) is 11.3 Å². The van der Waals surface area contributed by atoms with Crippen molar-refractivity contribution in [3.63, 3.8) is 0 Å². The van der Waals surface area contributed by atoms with E-state index in [-0.39, 0.29) is 17.7 Å². The molecule has 0 saturated carbocycles. The Kier molecular flexibility index (Phi) is 9.13. The van der Waals surface area contributed by atoms with Gasteiger partial charge >= 0.3 is 0 Å². The van der Waals surface area contributed by atoms with E-state index in [2.05, 4.69) is 31.5 Å². The summed E-state index contributed by atoms with van der Waals surface area (Å²) in [6, 6.07) is 10.2. The predicted octanol–water partition coefficient (Wildman–Crippen LogP) is 4.41. The molecule has 4 rings (SSSR count). The number of likely N-dealkylation sites (tertiary alicyclic amines) is 1. The maximum atomic E-state index is 14.2. The Hall–Kier alpha value is -3.57. The van der Waals surface area contributed by atoms with E-state index in [0.717, 1.165) is 44.5 Å². The van der Waals surface area contributed by atoms with E-state index >= 15 is 0 Å². The van der Waals surface area contributed by atoms with Gasteiger partial charge in [0, 0.05) is 36.8 Å². The smallest absolute Gasteiger partial charge is 0.239 e. The van der Waals surface area contributed by atoms with Crippen molar-refractivity contribution in [2.24, 2.45) is 0 Å². The number of aromatic nitrogens is 2. The molecule has 208 valence electrons. The minimum Gasteiger partial charge on any atom is -0.375 e. The van der Waals surface area contributed by atoms with Crippen LogP contribution >= 0.6 is 0 Å². The standard InChI is InChI=1S/C28H33F2N5O3S/c1-19(35-13-7-4-8-14-35)15-25(34-39(37,38)18-21-9-5-3-6-10-21)28(36)32-20(2)27-31-17-26(33-27)23-12-11-22(29)16-24(23)30/h3,5-6,9-12,16-17,20,25,34H,1,4,7-8,13-15,18H2,2H3,(H,31,33)(H,32,36)/t20-,25-/m0/s1. The molecule has 0 bridgehead atoms. The number of sulfonamides is 1. The summed E-state index contributed by atoms with van der Waals surface area (Å²) >= 11 is 0. The van der Waals surface area contributed by atoms with Crippen LogP contribution in [0.3, 0.4) is 0 Å². The third-order valence-corrected chi connectivity index (χ3v) is 8.02. The van der Waals surface area contributed by atoms with Crippen molar-refractivity contribution in [2.45, 2.75) is 50.4 Å². The van der Waals surface area contributed by atoms with E-state index in [0.29, 0.717) is 22.8 Å². The molecule has 3 N–H and O–H groups in total. The number of hydrogen-bond acceptors (Lipinski definition) is 5. The van der Waals surface area contributed by atoms with Crippen LogP contribution in [0, 0.1) is 11.6 Å². The van der Waals surface area contributed by atoms with Gasteiger partial charge in [0.05, 0.1) is 23.7 Å². The molecule has 1 amide bonds. The molecule has 0 unspecified atom stereocenters. The Labute approximate surface area is 227 Å². The zero-order valence-corrected chi connectivity index (χ0v) is 22.6. The van der Waals surface area contributed by atoms with Gasteiger partial charge in [-0.3, -0.25) is 4.79 Å². The molecule has 0 spiro atoms. The van der Waals surface area contributed by atoms with Crippen molar-refractivity contribution in [1.29, 1.82) is 0 Å². The summed E-state index contributed by atoms with van der Waals surface area (Å²) in [6.45, 7) is 7.44. The lowest BCUT2D eigenvalue weighted by molar-refractivity contribution is -0.123. The van der Waals surface area contributed by atoms with Crippen LogP contribution in [-0.2, 0) is 20.6 Å². The molecule has 1 aromatic heterocycles. The SMILES string of the molecule is C=C(C[C@H](NS(=O)(=O)Cc1ccccc1)C(=O)N[C@@H](C)c1ncc(-c2ccc(F)cc2F)[nH]1)N1CCCCC1. The number of hydrogen-bond donors (Lipinski definition) is 3. The van der Waals surface area contributed by atoms with Gasteiger partial charge in [-0.2, -0.15) is 0 Å². The molecular formula is C28H33F2N5O3S. The number of carbonyl (C=O) groups is 1. The minimum absolute atomic E-state index is 0.108. The van der Waals surface area contributed by atoms with Gasteiger partial charge < -0.3 is 15.2 Å². The molecule has 1 aliphatic heterocycles. The Morgan fingerprint density at radius 1 is 1.13 bits per heavy atom. The first kappa shape index (κ1) is 28.4. The highest BCUT2D eigenvalue weighted by Crippen LogP contribution is 2.24. The van der Waals surface area contributed by atoms with Gasteiger partial charge in [-0.05, 0) is 43.9 Å². The van der Waals surface area contributed by atoms with Crippen LogP contribution in [0.2, 0.25) is 0 Å². The third-order valence-electron chi connectivity index (χ3n) is 6.67. The maximum Gasteiger partial charge on any atom is 0.239 e. The molecule has 11 heteroatoms. The number of imidazole rings is 1. The first-order valence-corrected chi connectivity index (χ1v) is 14.5. The summed E-state index contributed by atoms with van der Waals surface area (Å²) in [7, 11) is -3.86. The zero-order chi connectivity index (χ0) is 28.0. The van der Waals surface area contributed by atoms with Gasteiger partial charge in [-0.15, -0.1) is 0 Å². The first-order valence-electron chi connectivity index (χ1n) is 12.9. The van der Waals surface area contributed by atoms with E-state index in [1.165, 1.54) is 12.3 Å². The van der Waals surface area contributed by atoms with Crippen LogP contribution in [0.4, 0.5) is 8.78 Å². The van der Waals surface area contributed by atoms with Crippen molar-refractivity contribution < 1.29 is 22.0 Å². The zero-order valence-electron chi connectivity index (χ0n) is 21.8. The van der Waals surface area contributed by atoms with Crippen LogP contribution in [0.5, 0.6) is 0 Å². The molecule has 8 nitrogen and oxygen atoms in total. The fourth-order valence-electron chi connectivity index (χ4n) is 4.60. The number of amides is 1. The van der Waals surface area contributed by atoms with E-state index in [1.807, 2.05) is 0 Å². The summed E-state index contributed by atoms with van der Waals surface area (Å²) in [5, 5.41) is 2.81. The van der Waals surface area contributed by atoms with Crippen LogP contribution < -0.4 is 10.0 Å². The highest BCUT2D eigenvalue weighted by atomic mass is 32.2. The van der Waals surface area contributed by atoms with Gasteiger partial charge in [0.1, 0.15) is 23.5 Å². The fourth-order valence-corrected chi connectivity index (χ4v) is 5.94. The van der Waals surface area contributed by atoms with Gasteiger partial charge in [-0.1, -0.05) is 36.9 Å². The highest BCUT2D eigenvalue weighted by Gasteiger charge is 2.29. The number of H-pyrrole nitrogens is 1. The Morgan fingerprint density at radius 3 is 2.54 bits per heavy atom. The topological polar surface area (TPSA) is 107 Å². The summed E-state index contributed by atoms with van der Waals surface area (Å²) in [6.07, 6.45) is 4.66. The Balaban J connectivity index is 1.49. The minimum atomic E-state index is -3.86. The highest BCUT2D eigenvalue weighted by molar-refractivity contribution is 7.88. The summed E-state index contributed by atoms with van der Waals surface area (Å²) in [5.41, 5.74) is 1.75. The normalized spacial score (nSPS) is 15.5. The molecule has 2 aromatic carbocycles. The van der Waals surface area contributed by atoms with Crippen molar-refractivity contribution >= 4 is 15.9 Å². The number of nitrogens with zero attached hydrogens (tertiary/aromatic N) is 2. The fraction of sp³-hybridized carbons (Fsp3) is 0.357. The molecule has 2 atom stereocenters. The second-order valence-electron chi connectivity index (χ2n) is 9.77. The quantitative estimate of drug-likeness (QED) is 0.324. The van der Waals surface area contributed by atoms with Crippen molar-refractivity contribution in [3.05, 3.63) is 90.0 Å². The summed E-state index contributed by atoms with van der Waals surface area (Å²) in [5.74, 6) is -1.91. The number of piperidine rings is 1. The Morgan fingerprint density at radius 2 is 1.85 bits per heavy atom. The average Bonchev–Trinajstić information content (AvgIpc) is 3.39. The molecule has 1 saturated heterocycles. The molecular weight excluding hydrogens is 524 g/mol. The molecule has 3 aromatic rings. The van der Waals surface area contributed by atoms with Gasteiger partial charge in [0.25, 0.3) is 0 Å². The van der Waals surface area contributed by atoms with E-state index in [1.54, 1.807) is 37.3 Å². The number of nitrogens with one attached hydrogen (secondary N) is 3. The van der Waals surface area contributed by atoms with Crippen molar-refractivity contribution in [2.75, 3.05) is 13.1 Å². The van der Waals surface area contributed by atoms with Crippen LogP contribution in [0.1, 0.15) is 50.0 Å². The monoisotopic (exact) mass is 557 g/mol. The lowest BCUT2D eigenvalue weighted by Gasteiger charge is -2.32. The summed E-state index contributed by atoms with van der Waals surface area (Å²) in [4.78, 5) is 22.7. The number of halogens is 2. The molecule has 1 fully saturated rings. The van der Waals surface area contributed by atoms with Crippen molar-refractivity contribution in [1.82, 2.24) is 24.9 Å². The maximum absolute atomic E-state index is 14.2. The molecule has 1 aliphatic rings. The lowest BCUT2D eigenvalue weighted by atomic mass is 10.1. The molecule has 0 aliphatic carbocycles. The van der Waals surface area contributed by atoms with Crippen LogP contribution in [-0.4, -0.2) is 48.3 Å². The Bertz CT molecular complexity index is 1410. The van der Waals surface area contributed by atoms with Gasteiger partial charge in [-0.25, -0.2) is 26.9 Å².